The molecule has 41 heavy (non-hydrogen) atoms. The van der Waals surface area contributed by atoms with E-state index in [9.17, 15) is 9.59 Å². The van der Waals surface area contributed by atoms with Gasteiger partial charge in [-0.25, -0.2) is 0 Å². The predicted molar refractivity (Wildman–Crippen MR) is 160 cm³/mol. The Morgan fingerprint density at radius 2 is 1.68 bits per heavy atom. The lowest BCUT2D eigenvalue weighted by molar-refractivity contribution is -0.133. The number of ether oxygens (including phenoxy) is 3. The van der Waals surface area contributed by atoms with Crippen LogP contribution in [-0.2, 0) is 9.53 Å². The molecule has 2 aliphatic carbocycles. The number of amides is 2. The highest BCUT2D eigenvalue weighted by Gasteiger charge is 2.39. The van der Waals surface area contributed by atoms with Crippen molar-refractivity contribution in [3.05, 3.63) is 23.8 Å². The van der Waals surface area contributed by atoms with Gasteiger partial charge in [-0.05, 0) is 88.3 Å². The molecule has 3 N–H and O–H groups in total. The smallest absolute Gasteiger partial charge is 0.254 e. The molecule has 4 rings (SSSR count). The molecule has 230 valence electrons. The molecule has 1 aromatic rings. The van der Waals surface area contributed by atoms with E-state index in [4.69, 9.17) is 19.9 Å². The van der Waals surface area contributed by atoms with Crippen molar-refractivity contribution in [2.75, 3.05) is 53.6 Å². The fraction of sp³-hybridized carbons (Fsp3) is 0.750. The van der Waals surface area contributed by atoms with E-state index >= 15 is 0 Å². The summed E-state index contributed by atoms with van der Waals surface area (Å²) in [6, 6.07) is 6.13. The number of nitrogens with zero attached hydrogens (tertiary/aromatic N) is 2. The zero-order valence-corrected chi connectivity index (χ0v) is 25.6. The zero-order chi connectivity index (χ0) is 29.4. The van der Waals surface area contributed by atoms with Gasteiger partial charge < -0.3 is 35.1 Å². The average molecular weight is 573 g/mol. The molecular formula is C32H52N4O5. The number of carbonyl (C=O) groups excluding carboxylic acids is 2. The lowest BCUT2D eigenvalue weighted by atomic mass is 9.84. The van der Waals surface area contributed by atoms with Crippen LogP contribution in [0.15, 0.2) is 18.2 Å². The molecule has 0 radical (unpaired) electrons. The summed E-state index contributed by atoms with van der Waals surface area (Å²) in [6.07, 6.45) is 7.81. The van der Waals surface area contributed by atoms with Crippen molar-refractivity contribution < 1.29 is 23.8 Å². The summed E-state index contributed by atoms with van der Waals surface area (Å²) in [5.74, 6) is 2.55. The van der Waals surface area contributed by atoms with Crippen LogP contribution in [0, 0.1) is 17.8 Å². The van der Waals surface area contributed by atoms with Crippen LogP contribution in [0.2, 0.25) is 0 Å². The van der Waals surface area contributed by atoms with Crippen molar-refractivity contribution in [3.63, 3.8) is 0 Å². The minimum absolute atomic E-state index is 0.0133. The van der Waals surface area contributed by atoms with Crippen molar-refractivity contribution in [1.82, 2.24) is 15.1 Å². The molecule has 9 heteroatoms. The van der Waals surface area contributed by atoms with Gasteiger partial charge in [0, 0.05) is 76.4 Å². The van der Waals surface area contributed by atoms with Crippen LogP contribution >= 0.6 is 0 Å². The monoisotopic (exact) mass is 572 g/mol. The van der Waals surface area contributed by atoms with Gasteiger partial charge in [-0.3, -0.25) is 9.59 Å². The summed E-state index contributed by atoms with van der Waals surface area (Å²) in [6.45, 7) is 8.38. The number of rotatable bonds is 15. The number of benzene rings is 1. The Kier molecular flexibility index (Phi) is 11.7. The van der Waals surface area contributed by atoms with Crippen molar-refractivity contribution in [2.45, 2.75) is 83.3 Å². The molecule has 3 fully saturated rings. The minimum atomic E-state index is -0.0133. The molecule has 0 spiro atoms. The average Bonchev–Trinajstić information content (AvgIpc) is 3.71. The maximum atomic E-state index is 13.8. The molecular weight excluding hydrogens is 520 g/mol. The minimum Gasteiger partial charge on any atom is -0.493 e. The third kappa shape index (κ3) is 8.82. The summed E-state index contributed by atoms with van der Waals surface area (Å²) >= 11 is 0. The first kappa shape index (κ1) is 31.6. The first-order chi connectivity index (χ1) is 19.8. The number of carbonyl (C=O) groups is 2. The second-order valence-corrected chi connectivity index (χ2v) is 12.6. The lowest BCUT2D eigenvalue weighted by Gasteiger charge is -2.34. The number of methoxy groups -OCH3 is 2. The molecule has 1 aliphatic heterocycles. The molecule has 2 atom stereocenters. The van der Waals surface area contributed by atoms with E-state index in [-0.39, 0.29) is 17.9 Å². The van der Waals surface area contributed by atoms with Crippen molar-refractivity contribution in [2.24, 2.45) is 23.5 Å². The Hall–Kier alpha value is -2.36. The summed E-state index contributed by atoms with van der Waals surface area (Å²) in [4.78, 5) is 31.4. The van der Waals surface area contributed by atoms with E-state index < -0.39 is 0 Å². The van der Waals surface area contributed by atoms with Crippen LogP contribution in [0.25, 0.3) is 0 Å². The Bertz CT molecular complexity index is 992. The van der Waals surface area contributed by atoms with Crippen LogP contribution in [0.5, 0.6) is 11.5 Å². The van der Waals surface area contributed by atoms with E-state index in [1.54, 1.807) is 26.4 Å². The van der Waals surface area contributed by atoms with E-state index in [1.807, 2.05) is 11.0 Å². The number of hydrogen-bond acceptors (Lipinski definition) is 7. The van der Waals surface area contributed by atoms with Crippen LogP contribution in [0.3, 0.4) is 0 Å². The van der Waals surface area contributed by atoms with Gasteiger partial charge >= 0.3 is 0 Å². The maximum Gasteiger partial charge on any atom is 0.254 e. The van der Waals surface area contributed by atoms with Gasteiger partial charge in [-0.2, -0.15) is 0 Å². The third-order valence-electron chi connectivity index (χ3n) is 9.05. The van der Waals surface area contributed by atoms with Crippen LogP contribution in [-0.4, -0.2) is 93.4 Å². The van der Waals surface area contributed by atoms with Crippen LogP contribution in [0.1, 0.15) is 75.6 Å². The molecule has 0 unspecified atom stereocenters. The number of nitrogens with one attached hydrogen (secondary N) is 1. The summed E-state index contributed by atoms with van der Waals surface area (Å²) < 4.78 is 16.5. The number of nitrogens with two attached hydrogens (primary N) is 1. The molecule has 3 aliphatic rings. The van der Waals surface area contributed by atoms with Gasteiger partial charge in [-0.15, -0.1) is 0 Å². The van der Waals surface area contributed by atoms with Crippen LogP contribution in [0.4, 0.5) is 0 Å². The molecule has 1 aromatic carbocycles. The number of hydrogen-bond donors (Lipinski definition) is 2. The Morgan fingerprint density at radius 3 is 2.32 bits per heavy atom. The second kappa shape index (κ2) is 15.2. The third-order valence-corrected chi connectivity index (χ3v) is 9.05. The Balaban J connectivity index is 1.40. The fourth-order valence-electron chi connectivity index (χ4n) is 6.32. The van der Waals surface area contributed by atoms with Crippen LogP contribution < -0.4 is 20.5 Å². The van der Waals surface area contributed by atoms with E-state index in [0.717, 1.165) is 64.6 Å². The van der Waals surface area contributed by atoms with Gasteiger partial charge in [0.25, 0.3) is 5.91 Å². The molecule has 2 amide bonds. The summed E-state index contributed by atoms with van der Waals surface area (Å²) in [5.41, 5.74) is 6.68. The quantitative estimate of drug-likeness (QED) is 0.309. The van der Waals surface area contributed by atoms with Gasteiger partial charge in [0.05, 0.1) is 13.7 Å². The maximum absolute atomic E-state index is 13.8. The van der Waals surface area contributed by atoms with Gasteiger partial charge in [0.1, 0.15) is 0 Å². The largest absolute Gasteiger partial charge is 0.493 e. The molecule has 1 heterocycles. The highest BCUT2D eigenvalue weighted by atomic mass is 16.5. The highest BCUT2D eigenvalue weighted by molar-refractivity contribution is 5.95. The first-order valence-electron chi connectivity index (χ1n) is 15.7. The van der Waals surface area contributed by atoms with E-state index in [0.29, 0.717) is 73.1 Å². The topological polar surface area (TPSA) is 106 Å². The van der Waals surface area contributed by atoms with Gasteiger partial charge in [0.15, 0.2) is 11.5 Å². The van der Waals surface area contributed by atoms with Gasteiger partial charge in [-0.1, -0.05) is 0 Å². The Morgan fingerprint density at radius 1 is 0.976 bits per heavy atom. The van der Waals surface area contributed by atoms with E-state index in [2.05, 4.69) is 24.1 Å². The van der Waals surface area contributed by atoms with Crippen molar-refractivity contribution >= 4 is 11.8 Å². The fourth-order valence-corrected chi connectivity index (χ4v) is 6.32. The zero-order valence-electron chi connectivity index (χ0n) is 25.6. The normalized spacial score (nSPS) is 24.3. The SMILES string of the molecule is COCCCOc1cc(C(=O)N(C[C@@H]2CNC[C@H]2CN(C(=O)C[C@H]2CC[C@H](N)CC2)C2CC2)C(C)C)ccc1OC. The molecule has 0 bridgehead atoms. The van der Waals surface area contributed by atoms with Crippen molar-refractivity contribution in [3.8, 4) is 11.5 Å². The molecule has 1 saturated heterocycles. The molecule has 2 saturated carbocycles. The Labute approximate surface area is 246 Å². The predicted octanol–water partition coefficient (Wildman–Crippen LogP) is 3.70. The summed E-state index contributed by atoms with van der Waals surface area (Å²) in [7, 11) is 3.27. The second-order valence-electron chi connectivity index (χ2n) is 12.6. The van der Waals surface area contributed by atoms with Crippen molar-refractivity contribution in [1.29, 1.82) is 0 Å². The molecule has 0 aromatic heterocycles. The molecule has 9 nitrogen and oxygen atoms in total. The highest BCUT2D eigenvalue weighted by Crippen LogP contribution is 2.34. The standard InChI is InChI=1S/C32H52N4O5/c1-22(2)35(32(38)24-8-13-29(40-4)30(17-24)41-15-5-14-39-3)20-25-18-34-19-26(25)21-36(28-11-12-28)31(37)16-23-6-9-27(33)10-7-23/h8,13,17,22-23,25-28,34H,5-7,9-12,14-16,18-21,33H2,1-4H3/t23-,25-,26-,27-/m0/s1. The van der Waals surface area contributed by atoms with E-state index in [1.165, 1.54) is 0 Å². The van der Waals surface area contributed by atoms with Gasteiger partial charge in [0.2, 0.25) is 5.91 Å². The first-order valence-corrected chi connectivity index (χ1v) is 15.7. The summed E-state index contributed by atoms with van der Waals surface area (Å²) in [5, 5.41) is 3.56. The lowest BCUT2D eigenvalue weighted by Crippen LogP contribution is -2.45.